The van der Waals surface area contributed by atoms with Gasteiger partial charge >= 0.3 is 0 Å². The number of benzene rings is 1. The Balaban J connectivity index is 1.31. The summed E-state index contributed by atoms with van der Waals surface area (Å²) in [5, 5.41) is 0.922. The number of amides is 2. The minimum absolute atomic E-state index is 0.00977. The van der Waals surface area contributed by atoms with Gasteiger partial charge in [-0.25, -0.2) is 18.4 Å². The quantitative estimate of drug-likeness (QED) is 0.567. The molecular weight excluding hydrogens is 432 g/mol. The fraction of sp³-hybridized carbons (Fsp3) is 0.333. The summed E-state index contributed by atoms with van der Waals surface area (Å²) in [6.45, 7) is 2.14. The van der Waals surface area contributed by atoms with Crippen LogP contribution in [0.3, 0.4) is 0 Å². The van der Waals surface area contributed by atoms with Crippen molar-refractivity contribution in [1.82, 2.24) is 29.7 Å². The second-order valence-electron chi connectivity index (χ2n) is 7.75. The van der Waals surface area contributed by atoms with Crippen molar-refractivity contribution < 1.29 is 18.0 Å². The number of rotatable bonds is 4. The Labute approximate surface area is 185 Å². The van der Waals surface area contributed by atoms with E-state index in [-0.39, 0.29) is 29.7 Å². The van der Waals surface area contributed by atoms with Gasteiger partial charge in [-0.2, -0.15) is 4.31 Å². The number of pyridine rings is 1. The fourth-order valence-electron chi connectivity index (χ4n) is 3.62. The molecule has 0 aliphatic carbocycles. The molecular formula is C21H24N6O4S. The maximum atomic E-state index is 12.8. The number of carbonyl (C=O) groups excluding carboxylic acids is 2. The Hall–Kier alpha value is -3.31. The molecule has 168 valence electrons. The molecule has 3 aromatic rings. The summed E-state index contributed by atoms with van der Waals surface area (Å²) in [7, 11) is -1.97. The Kier molecular flexibility index (Phi) is 5.94. The average Bonchev–Trinajstić information content (AvgIpc) is 3.16. The molecule has 1 aromatic carbocycles. The highest BCUT2D eigenvalue weighted by atomic mass is 32.2. The van der Waals surface area contributed by atoms with Gasteiger partial charge in [0.25, 0.3) is 15.9 Å². The zero-order valence-electron chi connectivity index (χ0n) is 17.8. The fourth-order valence-corrected chi connectivity index (χ4v) is 5.11. The number of fused-ring (bicyclic) bond motifs is 1. The van der Waals surface area contributed by atoms with Gasteiger partial charge in [0.05, 0.1) is 5.52 Å². The third-order valence-corrected chi connectivity index (χ3v) is 7.42. The average molecular weight is 457 g/mol. The van der Waals surface area contributed by atoms with E-state index in [0.717, 1.165) is 5.39 Å². The molecule has 0 atom stereocenters. The first-order chi connectivity index (χ1) is 15.3. The molecule has 2 N–H and O–H groups in total. The Morgan fingerprint density at radius 2 is 1.75 bits per heavy atom. The molecule has 4 rings (SSSR count). The first-order valence-electron chi connectivity index (χ1n) is 10.2. The highest BCUT2D eigenvalue weighted by Crippen LogP contribution is 2.23. The molecule has 2 aromatic heterocycles. The molecule has 32 heavy (non-hydrogen) atoms. The second kappa shape index (κ2) is 8.67. The maximum absolute atomic E-state index is 12.8. The molecule has 0 bridgehead atoms. The van der Waals surface area contributed by atoms with Gasteiger partial charge in [0.15, 0.2) is 5.03 Å². The first kappa shape index (κ1) is 21.9. The molecule has 1 aliphatic heterocycles. The van der Waals surface area contributed by atoms with E-state index in [1.807, 2.05) is 18.2 Å². The van der Waals surface area contributed by atoms with Crippen LogP contribution in [0.5, 0.6) is 0 Å². The number of nitrogens with zero attached hydrogens (tertiary/aromatic N) is 4. The molecule has 10 nitrogen and oxygen atoms in total. The van der Waals surface area contributed by atoms with Crippen molar-refractivity contribution in [1.29, 1.82) is 0 Å². The van der Waals surface area contributed by atoms with Crippen molar-refractivity contribution in [2.45, 2.75) is 24.8 Å². The van der Waals surface area contributed by atoms with Crippen LogP contribution in [0.2, 0.25) is 0 Å². The predicted octanol–water partition coefficient (Wildman–Crippen LogP) is 1.14. The lowest BCUT2D eigenvalue weighted by Crippen LogP contribution is -2.48. The molecule has 0 spiro atoms. The number of hydrogen-bond acceptors (Lipinski definition) is 6. The number of piperidine rings is 1. The number of hydrazine groups is 1. The topological polar surface area (TPSA) is 126 Å². The number of para-hydroxylation sites is 1. The van der Waals surface area contributed by atoms with E-state index in [0.29, 0.717) is 24.2 Å². The number of hydrogen-bond donors (Lipinski definition) is 2. The number of nitrogens with one attached hydrogen (secondary N) is 2. The molecule has 1 fully saturated rings. The van der Waals surface area contributed by atoms with E-state index in [9.17, 15) is 18.0 Å². The van der Waals surface area contributed by atoms with Crippen molar-refractivity contribution in [3.05, 3.63) is 54.1 Å². The molecule has 3 heterocycles. The van der Waals surface area contributed by atoms with Gasteiger partial charge in [0.2, 0.25) is 5.91 Å². The van der Waals surface area contributed by atoms with Crippen LogP contribution in [-0.4, -0.2) is 52.2 Å². The summed E-state index contributed by atoms with van der Waals surface area (Å²) >= 11 is 0. The monoisotopic (exact) mass is 456 g/mol. The van der Waals surface area contributed by atoms with Gasteiger partial charge in [-0.15, -0.1) is 0 Å². The van der Waals surface area contributed by atoms with E-state index in [1.54, 1.807) is 36.7 Å². The van der Waals surface area contributed by atoms with Gasteiger partial charge < -0.3 is 4.57 Å². The van der Waals surface area contributed by atoms with E-state index in [2.05, 4.69) is 20.8 Å². The van der Waals surface area contributed by atoms with Crippen LogP contribution < -0.4 is 10.9 Å². The minimum Gasteiger partial charge on any atom is -0.337 e. The minimum atomic E-state index is -3.70. The van der Waals surface area contributed by atoms with Crippen LogP contribution in [0, 0.1) is 12.8 Å². The largest absolute Gasteiger partial charge is 0.337 e. The zero-order chi connectivity index (χ0) is 22.9. The lowest BCUT2D eigenvalue weighted by molar-refractivity contribution is -0.126. The molecule has 11 heteroatoms. The van der Waals surface area contributed by atoms with Crippen LogP contribution in [-0.2, 0) is 21.9 Å². The Morgan fingerprint density at radius 1 is 1.03 bits per heavy atom. The van der Waals surface area contributed by atoms with Crippen LogP contribution in [0.25, 0.3) is 10.9 Å². The second-order valence-corrected chi connectivity index (χ2v) is 9.63. The molecule has 1 saturated heterocycles. The Morgan fingerprint density at radius 3 is 2.44 bits per heavy atom. The number of sulfonamides is 1. The third kappa shape index (κ3) is 4.34. The van der Waals surface area contributed by atoms with Crippen molar-refractivity contribution in [2.75, 3.05) is 13.1 Å². The normalized spacial score (nSPS) is 15.6. The van der Waals surface area contributed by atoms with Crippen LogP contribution in [0.1, 0.15) is 29.2 Å². The molecule has 0 unspecified atom stereocenters. The first-order valence-corrected chi connectivity index (χ1v) is 11.7. The lowest BCUT2D eigenvalue weighted by atomic mass is 9.98. The van der Waals surface area contributed by atoms with E-state index in [4.69, 9.17) is 0 Å². The lowest BCUT2D eigenvalue weighted by Gasteiger charge is -2.29. The number of imidazole rings is 1. The van der Waals surface area contributed by atoms with Crippen LogP contribution >= 0.6 is 0 Å². The van der Waals surface area contributed by atoms with Crippen LogP contribution in [0.15, 0.2) is 47.6 Å². The molecule has 0 saturated carbocycles. The molecule has 2 amide bonds. The van der Waals surface area contributed by atoms with Gasteiger partial charge in [0, 0.05) is 37.6 Å². The van der Waals surface area contributed by atoms with E-state index < -0.39 is 21.8 Å². The SMILES string of the molecule is Cc1nc(S(=O)(=O)N2CCC(C(=O)NNC(=O)c3ccc4ccccc4n3)CC2)cn1C. The highest BCUT2D eigenvalue weighted by molar-refractivity contribution is 7.89. The number of carbonyl (C=O) groups is 2. The summed E-state index contributed by atoms with van der Waals surface area (Å²) < 4.78 is 28.6. The standard InChI is InChI=1S/C21H24N6O4S/c1-14-22-19(13-26(14)2)32(30,31)27-11-9-16(10-12-27)20(28)24-25-21(29)18-8-7-15-5-3-4-6-17(15)23-18/h3-8,13,16H,9-12H2,1-2H3,(H,24,28)(H,25,29). The van der Waals surface area contributed by atoms with E-state index >= 15 is 0 Å². The summed E-state index contributed by atoms with van der Waals surface area (Å²) in [6.07, 6.45) is 2.18. The van der Waals surface area contributed by atoms with Crippen LogP contribution in [0.4, 0.5) is 0 Å². The summed E-state index contributed by atoms with van der Waals surface area (Å²) in [5.41, 5.74) is 5.70. The van der Waals surface area contributed by atoms with Gasteiger partial charge in [-0.1, -0.05) is 24.3 Å². The summed E-state index contributed by atoms with van der Waals surface area (Å²) in [4.78, 5) is 33.3. The zero-order valence-corrected chi connectivity index (χ0v) is 18.6. The van der Waals surface area contributed by atoms with Gasteiger partial charge in [0.1, 0.15) is 11.5 Å². The predicted molar refractivity (Wildman–Crippen MR) is 117 cm³/mol. The number of aryl methyl sites for hydroxylation is 2. The van der Waals surface area contributed by atoms with Crippen molar-refractivity contribution in [2.24, 2.45) is 13.0 Å². The van der Waals surface area contributed by atoms with Crippen molar-refractivity contribution >= 4 is 32.7 Å². The molecule has 1 aliphatic rings. The number of aromatic nitrogens is 3. The smallest absolute Gasteiger partial charge is 0.288 e. The highest BCUT2D eigenvalue weighted by Gasteiger charge is 2.33. The van der Waals surface area contributed by atoms with E-state index in [1.165, 1.54) is 10.5 Å². The van der Waals surface area contributed by atoms with Gasteiger partial charge in [-0.05, 0) is 31.9 Å². The summed E-state index contributed by atoms with van der Waals surface area (Å²) in [5.74, 6) is -0.675. The maximum Gasteiger partial charge on any atom is 0.288 e. The van der Waals surface area contributed by atoms with Crippen molar-refractivity contribution in [3.8, 4) is 0 Å². The van der Waals surface area contributed by atoms with Gasteiger partial charge in [-0.3, -0.25) is 20.4 Å². The molecule has 0 radical (unpaired) electrons. The summed E-state index contributed by atoms with van der Waals surface area (Å²) in [6, 6.07) is 10.8. The Bertz CT molecular complexity index is 1260. The third-order valence-electron chi connectivity index (χ3n) is 5.65. The van der Waals surface area contributed by atoms with Crippen molar-refractivity contribution in [3.63, 3.8) is 0 Å².